The van der Waals surface area contributed by atoms with Gasteiger partial charge in [-0.15, -0.1) is 0 Å². The molecule has 0 radical (unpaired) electrons. The molecule has 0 aliphatic carbocycles. The molecule has 0 bridgehead atoms. The van der Waals surface area contributed by atoms with E-state index < -0.39 is 10.0 Å². The molecule has 2 rings (SSSR count). The zero-order chi connectivity index (χ0) is 18.3. The van der Waals surface area contributed by atoms with Crippen LogP contribution >= 0.6 is 0 Å². The Morgan fingerprint density at radius 3 is 2.48 bits per heavy atom. The van der Waals surface area contributed by atoms with Crippen LogP contribution in [0.15, 0.2) is 35.2 Å². The van der Waals surface area contributed by atoms with Crippen molar-refractivity contribution in [3.8, 4) is 6.07 Å². The van der Waals surface area contributed by atoms with E-state index in [0.717, 1.165) is 5.69 Å². The molecule has 0 saturated carbocycles. The summed E-state index contributed by atoms with van der Waals surface area (Å²) in [5, 5.41) is 14.9. The topological polar surface area (TPSA) is 120 Å². The van der Waals surface area contributed by atoms with Gasteiger partial charge in [0.05, 0.1) is 16.5 Å². The molecule has 3 N–H and O–H groups in total. The Bertz CT molecular complexity index is 859. The van der Waals surface area contributed by atoms with Gasteiger partial charge < -0.3 is 10.6 Å². The van der Waals surface area contributed by atoms with Crippen molar-refractivity contribution in [2.75, 3.05) is 30.3 Å². The van der Waals surface area contributed by atoms with Gasteiger partial charge in [-0.3, -0.25) is 0 Å². The van der Waals surface area contributed by atoms with Crippen LogP contribution in [-0.2, 0) is 10.0 Å². The minimum absolute atomic E-state index is 0.124. The van der Waals surface area contributed by atoms with Crippen LogP contribution in [0.2, 0.25) is 0 Å². The van der Waals surface area contributed by atoms with Crippen molar-refractivity contribution >= 4 is 21.8 Å². The van der Waals surface area contributed by atoms with Gasteiger partial charge in [-0.2, -0.15) is 10.2 Å². The molecule has 0 fully saturated rings. The Morgan fingerprint density at radius 1 is 1.12 bits per heavy atom. The normalized spacial score (nSPS) is 10.9. The van der Waals surface area contributed by atoms with Crippen LogP contribution in [0.4, 0.5) is 11.8 Å². The van der Waals surface area contributed by atoms with E-state index in [0.29, 0.717) is 30.4 Å². The van der Waals surface area contributed by atoms with Crippen molar-refractivity contribution in [3.05, 3.63) is 41.6 Å². The number of sulfonamides is 1. The molecule has 1 heterocycles. The van der Waals surface area contributed by atoms with Crippen LogP contribution in [0.25, 0.3) is 0 Å². The molecule has 0 spiro atoms. The van der Waals surface area contributed by atoms with Crippen LogP contribution < -0.4 is 15.4 Å². The molecule has 0 unspecified atom stereocenters. The van der Waals surface area contributed by atoms with Gasteiger partial charge in [-0.1, -0.05) is 0 Å². The van der Waals surface area contributed by atoms with Gasteiger partial charge in [0.1, 0.15) is 5.82 Å². The standard InChI is InChI=1S/C16H20N6O2S/c1-3-18-16-21-12(2)10-15(22-16)19-8-9-20-25(23,24)14-6-4-13(11-17)5-7-14/h4-7,10,20H,3,8-9H2,1-2H3,(H2,18,19,21,22). The summed E-state index contributed by atoms with van der Waals surface area (Å²) in [6.45, 7) is 5.10. The van der Waals surface area contributed by atoms with Crippen molar-refractivity contribution in [3.63, 3.8) is 0 Å². The van der Waals surface area contributed by atoms with Gasteiger partial charge in [0.15, 0.2) is 0 Å². The van der Waals surface area contributed by atoms with E-state index in [1.165, 1.54) is 24.3 Å². The van der Waals surface area contributed by atoms with Crippen molar-refractivity contribution < 1.29 is 8.42 Å². The Morgan fingerprint density at radius 2 is 1.84 bits per heavy atom. The molecule has 0 amide bonds. The first-order valence-corrected chi connectivity index (χ1v) is 9.26. The lowest BCUT2D eigenvalue weighted by Gasteiger charge is -2.10. The van der Waals surface area contributed by atoms with E-state index in [9.17, 15) is 8.42 Å². The number of hydrogen-bond acceptors (Lipinski definition) is 7. The van der Waals surface area contributed by atoms with Gasteiger partial charge in [-0.05, 0) is 38.1 Å². The summed E-state index contributed by atoms with van der Waals surface area (Å²) in [5.41, 5.74) is 1.22. The van der Waals surface area contributed by atoms with Gasteiger partial charge in [0.2, 0.25) is 16.0 Å². The number of anilines is 2. The zero-order valence-electron chi connectivity index (χ0n) is 14.1. The molecule has 9 heteroatoms. The lowest BCUT2D eigenvalue weighted by molar-refractivity contribution is 0.583. The van der Waals surface area contributed by atoms with E-state index in [4.69, 9.17) is 5.26 Å². The van der Waals surface area contributed by atoms with Crippen LogP contribution in [-0.4, -0.2) is 38.0 Å². The molecule has 1 aromatic heterocycles. The average molecular weight is 360 g/mol. The maximum Gasteiger partial charge on any atom is 0.240 e. The second-order valence-electron chi connectivity index (χ2n) is 5.21. The monoisotopic (exact) mass is 360 g/mol. The lowest BCUT2D eigenvalue weighted by Crippen LogP contribution is -2.29. The zero-order valence-corrected chi connectivity index (χ0v) is 14.9. The van der Waals surface area contributed by atoms with Crippen molar-refractivity contribution in [1.82, 2.24) is 14.7 Å². The number of nitrogens with zero attached hydrogens (tertiary/aromatic N) is 3. The quantitative estimate of drug-likeness (QED) is 0.610. The Labute approximate surface area is 147 Å². The highest BCUT2D eigenvalue weighted by Crippen LogP contribution is 2.10. The molecule has 132 valence electrons. The summed E-state index contributed by atoms with van der Waals surface area (Å²) >= 11 is 0. The summed E-state index contributed by atoms with van der Waals surface area (Å²) in [7, 11) is -3.61. The summed E-state index contributed by atoms with van der Waals surface area (Å²) in [6.07, 6.45) is 0. The van der Waals surface area contributed by atoms with E-state index >= 15 is 0 Å². The number of nitriles is 1. The highest BCUT2D eigenvalue weighted by Gasteiger charge is 2.13. The SMILES string of the molecule is CCNc1nc(C)cc(NCCNS(=O)(=O)c2ccc(C#N)cc2)n1. The summed E-state index contributed by atoms with van der Waals surface area (Å²) in [5.74, 6) is 1.16. The second kappa shape index (κ2) is 8.41. The molecule has 2 aromatic rings. The fourth-order valence-corrected chi connectivity index (χ4v) is 3.10. The predicted molar refractivity (Wildman–Crippen MR) is 95.8 cm³/mol. The molecule has 1 aromatic carbocycles. The minimum Gasteiger partial charge on any atom is -0.369 e. The lowest BCUT2D eigenvalue weighted by atomic mass is 10.2. The number of aryl methyl sites for hydroxylation is 1. The first-order chi connectivity index (χ1) is 11.9. The number of hydrogen-bond donors (Lipinski definition) is 3. The van der Waals surface area contributed by atoms with E-state index in [-0.39, 0.29) is 11.4 Å². The van der Waals surface area contributed by atoms with E-state index in [1.54, 1.807) is 6.07 Å². The average Bonchev–Trinajstić information content (AvgIpc) is 2.59. The largest absolute Gasteiger partial charge is 0.369 e. The van der Waals surface area contributed by atoms with Crippen LogP contribution in [0.3, 0.4) is 0 Å². The minimum atomic E-state index is -3.61. The van der Waals surface area contributed by atoms with E-state index in [1.807, 2.05) is 19.9 Å². The molecule has 0 saturated heterocycles. The summed E-state index contributed by atoms with van der Waals surface area (Å²) in [4.78, 5) is 8.67. The smallest absolute Gasteiger partial charge is 0.240 e. The second-order valence-corrected chi connectivity index (χ2v) is 6.98. The predicted octanol–water partition coefficient (Wildman–Crippen LogP) is 1.48. The molecule has 8 nitrogen and oxygen atoms in total. The van der Waals surface area contributed by atoms with Crippen LogP contribution in [0.1, 0.15) is 18.2 Å². The third-order valence-electron chi connectivity index (χ3n) is 3.21. The fourth-order valence-electron chi connectivity index (χ4n) is 2.06. The van der Waals surface area contributed by atoms with Gasteiger partial charge in [0.25, 0.3) is 0 Å². The number of nitrogens with one attached hydrogen (secondary N) is 3. The van der Waals surface area contributed by atoms with E-state index in [2.05, 4.69) is 25.3 Å². The maximum atomic E-state index is 12.2. The number of benzene rings is 1. The molecule has 0 atom stereocenters. The molecule has 25 heavy (non-hydrogen) atoms. The van der Waals surface area contributed by atoms with Gasteiger partial charge in [0, 0.05) is 31.4 Å². The van der Waals surface area contributed by atoms with Crippen LogP contribution in [0.5, 0.6) is 0 Å². The highest BCUT2D eigenvalue weighted by atomic mass is 32.2. The van der Waals surface area contributed by atoms with Crippen molar-refractivity contribution in [1.29, 1.82) is 5.26 Å². The Hall–Kier alpha value is -2.70. The first kappa shape index (κ1) is 18.6. The summed E-state index contributed by atoms with van der Waals surface area (Å²) in [6, 6.07) is 9.50. The van der Waals surface area contributed by atoms with Gasteiger partial charge in [-0.25, -0.2) is 18.1 Å². The Balaban J connectivity index is 1.90. The highest BCUT2D eigenvalue weighted by molar-refractivity contribution is 7.89. The fraction of sp³-hybridized carbons (Fsp3) is 0.312. The number of aromatic nitrogens is 2. The molecular weight excluding hydrogens is 340 g/mol. The molecular formula is C16H20N6O2S. The molecule has 0 aliphatic rings. The molecule has 0 aliphatic heterocycles. The van der Waals surface area contributed by atoms with Crippen molar-refractivity contribution in [2.45, 2.75) is 18.7 Å². The third kappa shape index (κ3) is 5.41. The van der Waals surface area contributed by atoms with Crippen LogP contribution in [0, 0.1) is 18.3 Å². The first-order valence-electron chi connectivity index (χ1n) is 7.78. The van der Waals surface area contributed by atoms with Crippen molar-refractivity contribution in [2.24, 2.45) is 0 Å². The van der Waals surface area contributed by atoms with Gasteiger partial charge >= 0.3 is 0 Å². The maximum absolute atomic E-state index is 12.2. The Kier molecular flexibility index (Phi) is 6.27. The third-order valence-corrected chi connectivity index (χ3v) is 4.68. The summed E-state index contributed by atoms with van der Waals surface area (Å²) < 4.78 is 26.9. The number of rotatable bonds is 8.